The summed E-state index contributed by atoms with van der Waals surface area (Å²) >= 11 is 0. The molecule has 9 heteroatoms. The average molecular weight is 1070 g/mol. The van der Waals surface area contributed by atoms with Gasteiger partial charge in [0.1, 0.15) is 24.4 Å². The van der Waals surface area contributed by atoms with Gasteiger partial charge in [-0.2, -0.15) is 0 Å². The van der Waals surface area contributed by atoms with Gasteiger partial charge in [-0.1, -0.05) is 272 Å². The van der Waals surface area contributed by atoms with Gasteiger partial charge in [-0.05, 0) is 83.5 Å². The standard InChI is InChI=1S/C67H119NO8/c1-3-5-7-9-11-13-15-17-19-21-23-25-26-27-28-29-30-31-32-33-34-35-37-38-40-42-44-46-48-50-52-54-56-61(70)60(59-75-67-66(74)65(73)64(72)62(58-69)76-67)68-63(71)57-55-53-51-49-47-45-43-41-39-36-24-22-20-18-16-14-12-10-8-6-4-2/h6,8,12,14,18,20,24,36,38,40,46,48,54,56,60-62,64-67,69-70,72-74H,3-5,7,9-11,13,15-17,19,21-23,25-35,37,39,41-45,47,49-53,55,57-59H2,1-2H3,(H,68,71)/b8-6-,14-12-,20-18-,36-24-,40-38+,48-46+,56-54+. The Kier molecular flexibility index (Phi) is 52.3. The Morgan fingerprint density at radius 2 is 0.829 bits per heavy atom. The van der Waals surface area contributed by atoms with E-state index in [4.69, 9.17) is 9.47 Å². The molecule has 0 aliphatic carbocycles. The first kappa shape index (κ1) is 71.4. The summed E-state index contributed by atoms with van der Waals surface area (Å²) in [4.78, 5) is 13.1. The van der Waals surface area contributed by atoms with Gasteiger partial charge in [0, 0.05) is 6.42 Å². The van der Waals surface area contributed by atoms with Gasteiger partial charge < -0.3 is 40.3 Å². The van der Waals surface area contributed by atoms with Crippen LogP contribution in [0, 0.1) is 0 Å². The van der Waals surface area contributed by atoms with Crippen LogP contribution < -0.4 is 5.32 Å². The summed E-state index contributed by atoms with van der Waals surface area (Å²) < 4.78 is 11.3. The maximum absolute atomic E-state index is 13.1. The first-order chi connectivity index (χ1) is 37.3. The van der Waals surface area contributed by atoms with Gasteiger partial charge >= 0.3 is 0 Å². The van der Waals surface area contributed by atoms with Crippen LogP contribution in [0.1, 0.15) is 277 Å². The van der Waals surface area contributed by atoms with E-state index in [0.29, 0.717) is 6.42 Å². The minimum absolute atomic E-state index is 0.200. The summed E-state index contributed by atoms with van der Waals surface area (Å²) in [5, 5.41) is 54.6. The normalized spacial score (nSPS) is 19.4. The van der Waals surface area contributed by atoms with E-state index in [1.54, 1.807) is 6.08 Å². The molecule has 440 valence electrons. The van der Waals surface area contributed by atoms with Crippen molar-refractivity contribution < 1.29 is 39.8 Å². The molecule has 0 aromatic carbocycles. The smallest absolute Gasteiger partial charge is 0.220 e. The molecular formula is C67H119NO8. The number of unbranched alkanes of at least 4 members (excludes halogenated alkanes) is 32. The van der Waals surface area contributed by atoms with Crippen molar-refractivity contribution in [2.75, 3.05) is 13.2 Å². The Hall–Kier alpha value is -2.63. The third-order valence-corrected chi connectivity index (χ3v) is 14.7. The second kappa shape index (κ2) is 55.7. The zero-order chi connectivity index (χ0) is 55.0. The molecule has 1 rings (SSSR count). The number of allylic oxidation sites excluding steroid dienone is 13. The van der Waals surface area contributed by atoms with Crippen LogP contribution in [0.15, 0.2) is 85.1 Å². The second-order valence-electron chi connectivity index (χ2n) is 21.8. The molecule has 0 aromatic heterocycles. The minimum Gasteiger partial charge on any atom is -0.394 e. The average Bonchev–Trinajstić information content (AvgIpc) is 3.42. The van der Waals surface area contributed by atoms with Crippen LogP contribution in [-0.2, 0) is 14.3 Å². The number of aliphatic hydroxyl groups is 5. The fourth-order valence-electron chi connectivity index (χ4n) is 9.71. The van der Waals surface area contributed by atoms with Gasteiger partial charge in [0.05, 0.1) is 25.4 Å². The predicted molar refractivity (Wildman–Crippen MR) is 322 cm³/mol. The lowest BCUT2D eigenvalue weighted by molar-refractivity contribution is -0.302. The molecular weight excluding hydrogens is 947 g/mol. The van der Waals surface area contributed by atoms with Crippen molar-refractivity contribution in [2.24, 2.45) is 0 Å². The zero-order valence-electron chi connectivity index (χ0n) is 49.0. The Labute approximate surface area is 467 Å². The van der Waals surface area contributed by atoms with Crippen molar-refractivity contribution in [3.8, 4) is 0 Å². The van der Waals surface area contributed by atoms with Gasteiger partial charge in [-0.25, -0.2) is 0 Å². The number of ether oxygens (including phenoxy) is 2. The third kappa shape index (κ3) is 44.2. The van der Waals surface area contributed by atoms with Crippen LogP contribution in [0.4, 0.5) is 0 Å². The molecule has 0 bridgehead atoms. The molecule has 1 fully saturated rings. The van der Waals surface area contributed by atoms with Crippen LogP contribution in [0.5, 0.6) is 0 Å². The first-order valence-corrected chi connectivity index (χ1v) is 31.8. The number of hydrogen-bond acceptors (Lipinski definition) is 8. The van der Waals surface area contributed by atoms with E-state index in [-0.39, 0.29) is 12.5 Å². The number of aliphatic hydroxyl groups excluding tert-OH is 5. The molecule has 0 saturated carbocycles. The topological polar surface area (TPSA) is 149 Å². The van der Waals surface area contributed by atoms with Crippen LogP contribution in [0.25, 0.3) is 0 Å². The molecule has 1 saturated heterocycles. The summed E-state index contributed by atoms with van der Waals surface area (Å²) in [6, 6.07) is -0.839. The largest absolute Gasteiger partial charge is 0.394 e. The number of amides is 1. The second-order valence-corrected chi connectivity index (χ2v) is 21.8. The summed E-state index contributed by atoms with van der Waals surface area (Å²) in [6.07, 6.45) is 72.5. The van der Waals surface area contributed by atoms with Crippen LogP contribution in [0.2, 0.25) is 0 Å². The quantitative estimate of drug-likeness (QED) is 0.0261. The number of nitrogens with one attached hydrogen (secondary N) is 1. The monoisotopic (exact) mass is 1070 g/mol. The molecule has 1 amide bonds. The van der Waals surface area contributed by atoms with Crippen molar-refractivity contribution in [3.63, 3.8) is 0 Å². The highest BCUT2D eigenvalue weighted by molar-refractivity contribution is 5.76. The van der Waals surface area contributed by atoms with Gasteiger partial charge in [0.2, 0.25) is 5.91 Å². The number of rotatable bonds is 54. The van der Waals surface area contributed by atoms with E-state index in [1.807, 2.05) is 6.08 Å². The molecule has 9 nitrogen and oxygen atoms in total. The summed E-state index contributed by atoms with van der Waals surface area (Å²) in [5.41, 5.74) is 0. The number of hydrogen-bond donors (Lipinski definition) is 6. The molecule has 7 unspecified atom stereocenters. The van der Waals surface area contributed by atoms with Crippen molar-refractivity contribution in [1.82, 2.24) is 5.32 Å². The molecule has 1 aliphatic heterocycles. The first-order valence-electron chi connectivity index (χ1n) is 31.8. The van der Waals surface area contributed by atoms with Crippen molar-refractivity contribution in [1.29, 1.82) is 0 Å². The lowest BCUT2D eigenvalue weighted by Crippen LogP contribution is -2.60. The van der Waals surface area contributed by atoms with E-state index in [0.717, 1.165) is 83.5 Å². The maximum atomic E-state index is 13.1. The van der Waals surface area contributed by atoms with E-state index in [9.17, 15) is 30.3 Å². The van der Waals surface area contributed by atoms with Gasteiger partial charge in [-0.15, -0.1) is 0 Å². The molecule has 7 atom stereocenters. The Morgan fingerprint density at radius 3 is 1.26 bits per heavy atom. The van der Waals surface area contributed by atoms with Crippen molar-refractivity contribution in [2.45, 2.75) is 320 Å². The van der Waals surface area contributed by atoms with Crippen LogP contribution in [0.3, 0.4) is 0 Å². The summed E-state index contributed by atoms with van der Waals surface area (Å²) in [5.74, 6) is -0.200. The highest BCUT2D eigenvalue weighted by Crippen LogP contribution is 2.23. The predicted octanol–water partition coefficient (Wildman–Crippen LogP) is 16.6. The Bertz CT molecular complexity index is 1470. The fraction of sp³-hybridized carbons (Fsp3) is 0.776. The summed E-state index contributed by atoms with van der Waals surface area (Å²) in [6.45, 7) is 3.66. The van der Waals surface area contributed by atoms with E-state index >= 15 is 0 Å². The Balaban J connectivity index is 2.21. The van der Waals surface area contributed by atoms with E-state index in [2.05, 4.69) is 92.1 Å². The SMILES string of the molecule is CC/C=C\C/C=C\C/C=C\C/C=C\CCCCCCCCCCC(=O)NC(COC1OC(CO)C(O)C(O)C1O)C(O)/C=C/CC/C=C/CC/C=C/CCCCCCCCCCCCCCCCCCCCCCCC. The molecule has 0 spiro atoms. The molecule has 0 radical (unpaired) electrons. The van der Waals surface area contributed by atoms with Gasteiger partial charge in [0.15, 0.2) is 6.29 Å². The summed E-state index contributed by atoms with van der Waals surface area (Å²) in [7, 11) is 0. The minimum atomic E-state index is -1.58. The van der Waals surface area contributed by atoms with E-state index < -0.39 is 49.5 Å². The molecule has 0 aromatic rings. The number of carbonyl (C=O) groups excluding carboxylic acids is 1. The third-order valence-electron chi connectivity index (χ3n) is 14.7. The molecule has 76 heavy (non-hydrogen) atoms. The lowest BCUT2D eigenvalue weighted by Gasteiger charge is -2.40. The highest BCUT2D eigenvalue weighted by atomic mass is 16.7. The number of carbonyl (C=O) groups is 1. The lowest BCUT2D eigenvalue weighted by atomic mass is 9.99. The fourth-order valence-corrected chi connectivity index (χ4v) is 9.71. The van der Waals surface area contributed by atoms with Crippen molar-refractivity contribution in [3.05, 3.63) is 85.1 Å². The van der Waals surface area contributed by atoms with Crippen LogP contribution in [-0.4, -0.2) is 87.5 Å². The van der Waals surface area contributed by atoms with E-state index in [1.165, 1.54) is 173 Å². The zero-order valence-corrected chi connectivity index (χ0v) is 49.0. The molecule has 6 N–H and O–H groups in total. The molecule has 1 aliphatic rings. The van der Waals surface area contributed by atoms with Crippen molar-refractivity contribution >= 4 is 5.91 Å². The Morgan fingerprint density at radius 1 is 0.461 bits per heavy atom. The highest BCUT2D eigenvalue weighted by Gasteiger charge is 2.44. The molecule has 1 heterocycles. The van der Waals surface area contributed by atoms with Crippen LogP contribution >= 0.6 is 0 Å². The van der Waals surface area contributed by atoms with Gasteiger partial charge in [-0.3, -0.25) is 4.79 Å². The maximum Gasteiger partial charge on any atom is 0.220 e. The van der Waals surface area contributed by atoms with Gasteiger partial charge in [0.25, 0.3) is 0 Å².